The molecule has 2 fully saturated rings. The van der Waals surface area contributed by atoms with Gasteiger partial charge in [-0.2, -0.15) is 0 Å². The second-order valence-electron chi connectivity index (χ2n) is 6.51. The second-order valence-corrected chi connectivity index (χ2v) is 7.36. The number of ether oxygens (including phenoxy) is 2. The minimum absolute atomic E-state index is 0. The van der Waals surface area contributed by atoms with Gasteiger partial charge in [0.25, 0.3) is 0 Å². The lowest BCUT2D eigenvalue weighted by molar-refractivity contribution is 0.170. The number of rotatable bonds is 6. The van der Waals surface area contributed by atoms with Crippen LogP contribution in [0.1, 0.15) is 18.9 Å². The first-order chi connectivity index (χ1) is 11.7. The van der Waals surface area contributed by atoms with Crippen LogP contribution in [0.4, 0.5) is 0 Å². The second kappa shape index (κ2) is 9.97. The Labute approximate surface area is 165 Å². The molecule has 0 amide bonds. The summed E-state index contributed by atoms with van der Waals surface area (Å²) in [4.78, 5) is 5.20. The van der Waals surface area contributed by atoms with Gasteiger partial charge in [-0.15, -0.1) is 12.4 Å². The van der Waals surface area contributed by atoms with Crippen molar-refractivity contribution >= 4 is 28.3 Å². The molecule has 25 heavy (non-hydrogen) atoms. The summed E-state index contributed by atoms with van der Waals surface area (Å²) in [6.07, 6.45) is 1.27. The Kier molecular flexibility index (Phi) is 8.29. The zero-order valence-corrected chi connectivity index (χ0v) is 17.5. The van der Waals surface area contributed by atoms with Crippen molar-refractivity contribution in [2.75, 3.05) is 53.0 Å². The summed E-state index contributed by atoms with van der Waals surface area (Å²) in [5, 5.41) is 3.44. The van der Waals surface area contributed by atoms with Crippen LogP contribution in [0.2, 0.25) is 0 Å². The minimum Gasteiger partial charge on any atom is -0.492 e. The average Bonchev–Trinajstić information content (AvgIpc) is 3.04. The number of piperazine rings is 1. The van der Waals surface area contributed by atoms with E-state index in [9.17, 15) is 0 Å². The lowest BCUT2D eigenvalue weighted by Crippen LogP contribution is -2.49. The van der Waals surface area contributed by atoms with Crippen molar-refractivity contribution in [3.63, 3.8) is 0 Å². The molecule has 1 atom stereocenters. The molecule has 1 unspecified atom stereocenters. The molecule has 0 bridgehead atoms. The van der Waals surface area contributed by atoms with E-state index < -0.39 is 0 Å². The number of nitrogens with zero attached hydrogens (tertiary/aromatic N) is 2. The molecule has 0 spiro atoms. The molecule has 1 N–H and O–H groups in total. The standard InChI is InChI=1S/C18H28BrN3O2.ClH/c1-3-24-17-11-14(10-16(19)18(17)23-2)12-21-7-4-15(13-21)22-8-5-20-6-9-22;/h10-11,15,20H,3-9,12-13H2,1-2H3;1H. The lowest BCUT2D eigenvalue weighted by Gasteiger charge is -2.32. The van der Waals surface area contributed by atoms with Crippen LogP contribution < -0.4 is 14.8 Å². The Balaban J connectivity index is 0.00000225. The average molecular weight is 435 g/mol. The zero-order chi connectivity index (χ0) is 16.9. The molecule has 2 aliphatic heterocycles. The van der Waals surface area contributed by atoms with Crippen LogP contribution in [0.15, 0.2) is 16.6 Å². The smallest absolute Gasteiger partial charge is 0.174 e. The molecule has 7 heteroatoms. The van der Waals surface area contributed by atoms with Crippen LogP contribution in [-0.2, 0) is 6.54 Å². The molecule has 3 rings (SSSR count). The molecule has 2 heterocycles. The fourth-order valence-electron chi connectivity index (χ4n) is 3.73. The number of hydrogen-bond donors (Lipinski definition) is 1. The first-order valence-electron chi connectivity index (χ1n) is 8.87. The van der Waals surface area contributed by atoms with Crippen molar-refractivity contribution in [2.24, 2.45) is 0 Å². The predicted molar refractivity (Wildman–Crippen MR) is 107 cm³/mol. The molecule has 0 aliphatic carbocycles. The van der Waals surface area contributed by atoms with Crippen molar-refractivity contribution < 1.29 is 9.47 Å². The third kappa shape index (κ3) is 5.23. The van der Waals surface area contributed by atoms with Gasteiger partial charge in [0.05, 0.1) is 18.2 Å². The summed E-state index contributed by atoms with van der Waals surface area (Å²) in [6.45, 7) is 10.5. The molecule has 0 radical (unpaired) electrons. The lowest BCUT2D eigenvalue weighted by atomic mass is 10.2. The quantitative estimate of drug-likeness (QED) is 0.745. The summed E-state index contributed by atoms with van der Waals surface area (Å²) in [5.74, 6) is 1.60. The third-order valence-corrected chi connectivity index (χ3v) is 5.48. The molecule has 0 saturated carbocycles. The zero-order valence-electron chi connectivity index (χ0n) is 15.1. The molecule has 142 valence electrons. The molecule has 2 saturated heterocycles. The van der Waals surface area contributed by atoms with Crippen molar-refractivity contribution in [1.29, 1.82) is 0 Å². The van der Waals surface area contributed by atoms with E-state index in [0.29, 0.717) is 12.6 Å². The van der Waals surface area contributed by atoms with Gasteiger partial charge >= 0.3 is 0 Å². The molecular formula is C18H29BrClN3O2. The highest BCUT2D eigenvalue weighted by Crippen LogP contribution is 2.37. The number of halogens is 2. The van der Waals surface area contributed by atoms with Crippen LogP contribution in [0.5, 0.6) is 11.5 Å². The van der Waals surface area contributed by atoms with Crippen molar-refractivity contribution in [3.05, 3.63) is 22.2 Å². The number of benzene rings is 1. The maximum absolute atomic E-state index is 5.74. The van der Waals surface area contributed by atoms with Gasteiger partial charge in [-0.25, -0.2) is 0 Å². The Morgan fingerprint density at radius 2 is 2.00 bits per heavy atom. The highest BCUT2D eigenvalue weighted by Gasteiger charge is 2.28. The van der Waals surface area contributed by atoms with Gasteiger partial charge in [0.15, 0.2) is 11.5 Å². The summed E-state index contributed by atoms with van der Waals surface area (Å²) in [7, 11) is 1.68. The maximum atomic E-state index is 5.74. The van der Waals surface area contributed by atoms with Crippen LogP contribution in [-0.4, -0.2) is 68.8 Å². The number of likely N-dealkylation sites (tertiary alicyclic amines) is 1. The van der Waals surface area contributed by atoms with Gasteiger partial charge in [-0.1, -0.05) is 0 Å². The van der Waals surface area contributed by atoms with Crippen molar-refractivity contribution in [2.45, 2.75) is 25.9 Å². The van der Waals surface area contributed by atoms with E-state index in [1.807, 2.05) is 6.92 Å². The molecule has 5 nitrogen and oxygen atoms in total. The molecule has 2 aliphatic rings. The van der Waals surface area contributed by atoms with Gasteiger partial charge < -0.3 is 14.8 Å². The monoisotopic (exact) mass is 433 g/mol. The highest BCUT2D eigenvalue weighted by molar-refractivity contribution is 9.10. The highest BCUT2D eigenvalue weighted by atomic mass is 79.9. The van der Waals surface area contributed by atoms with Gasteiger partial charge in [0, 0.05) is 51.9 Å². The first kappa shape index (κ1) is 20.8. The van der Waals surface area contributed by atoms with E-state index in [1.165, 1.54) is 31.6 Å². The Morgan fingerprint density at radius 1 is 1.24 bits per heavy atom. The van der Waals surface area contributed by atoms with Gasteiger partial charge in [0.2, 0.25) is 0 Å². The number of nitrogens with one attached hydrogen (secondary N) is 1. The Bertz CT molecular complexity index is 555. The fourth-order valence-corrected chi connectivity index (χ4v) is 4.38. The summed E-state index contributed by atoms with van der Waals surface area (Å²) in [6, 6.07) is 4.98. The topological polar surface area (TPSA) is 37.0 Å². The Hall–Kier alpha value is -0.530. The normalized spacial score (nSPS) is 21.8. The van der Waals surface area contributed by atoms with Crippen LogP contribution >= 0.6 is 28.3 Å². The fraction of sp³-hybridized carbons (Fsp3) is 0.667. The van der Waals surface area contributed by atoms with E-state index in [0.717, 1.165) is 42.2 Å². The van der Waals surface area contributed by atoms with E-state index in [1.54, 1.807) is 7.11 Å². The number of hydrogen-bond acceptors (Lipinski definition) is 5. The van der Waals surface area contributed by atoms with Crippen molar-refractivity contribution in [3.8, 4) is 11.5 Å². The molecule has 1 aromatic rings. The van der Waals surface area contributed by atoms with Crippen LogP contribution in [0.25, 0.3) is 0 Å². The molecular weight excluding hydrogens is 406 g/mol. The maximum Gasteiger partial charge on any atom is 0.174 e. The van der Waals surface area contributed by atoms with Crippen LogP contribution in [0, 0.1) is 0 Å². The molecule has 1 aromatic carbocycles. The van der Waals surface area contributed by atoms with Crippen LogP contribution in [0.3, 0.4) is 0 Å². The summed E-state index contributed by atoms with van der Waals surface area (Å²) >= 11 is 3.61. The SMILES string of the molecule is CCOc1cc(CN2CCC(N3CCNCC3)C2)cc(Br)c1OC.Cl. The Morgan fingerprint density at radius 3 is 2.68 bits per heavy atom. The van der Waals surface area contributed by atoms with Gasteiger partial charge in [-0.05, 0) is 47.0 Å². The van der Waals surface area contributed by atoms with Gasteiger partial charge in [-0.3, -0.25) is 9.80 Å². The molecule has 0 aromatic heterocycles. The number of methoxy groups -OCH3 is 1. The first-order valence-corrected chi connectivity index (χ1v) is 9.67. The van der Waals surface area contributed by atoms with E-state index in [4.69, 9.17) is 9.47 Å². The summed E-state index contributed by atoms with van der Waals surface area (Å²) < 4.78 is 12.2. The van der Waals surface area contributed by atoms with Gasteiger partial charge in [0.1, 0.15) is 0 Å². The van der Waals surface area contributed by atoms with E-state index in [2.05, 4.69) is 43.2 Å². The summed E-state index contributed by atoms with van der Waals surface area (Å²) in [5.41, 5.74) is 1.27. The largest absolute Gasteiger partial charge is 0.492 e. The van der Waals surface area contributed by atoms with E-state index in [-0.39, 0.29) is 12.4 Å². The third-order valence-electron chi connectivity index (χ3n) is 4.89. The minimum atomic E-state index is 0. The van der Waals surface area contributed by atoms with E-state index >= 15 is 0 Å². The van der Waals surface area contributed by atoms with Crippen molar-refractivity contribution in [1.82, 2.24) is 15.1 Å². The predicted octanol–water partition coefficient (Wildman–Crippen LogP) is 2.76.